The molecular weight excluding hydrogens is 244 g/mol. The summed E-state index contributed by atoms with van der Waals surface area (Å²) in [6.45, 7) is 8.16. The van der Waals surface area contributed by atoms with Gasteiger partial charge in [-0.1, -0.05) is 31.8 Å². The molecule has 1 aromatic carbocycles. The van der Waals surface area contributed by atoms with Crippen LogP contribution in [0.5, 0.6) is 0 Å². The Labute approximate surface area is 109 Å². The molecule has 4 heteroatoms. The van der Waals surface area contributed by atoms with E-state index in [-0.39, 0.29) is 17.3 Å². The molecule has 0 N–H and O–H groups in total. The highest BCUT2D eigenvalue weighted by atomic mass is 28.3. The van der Waals surface area contributed by atoms with E-state index in [0.717, 1.165) is 5.56 Å². The van der Waals surface area contributed by atoms with Crippen LogP contribution in [0.2, 0.25) is 19.6 Å². The predicted molar refractivity (Wildman–Crippen MR) is 74.5 cm³/mol. The number of Topliss-reactive ketones (excluding diaryl/α,β-unsaturated/α-hetero) is 1. The fraction of sp³-hybridized carbons (Fsp3) is 0.429. The quantitative estimate of drug-likeness (QED) is 0.620. The fourth-order valence-corrected chi connectivity index (χ4v) is 4.69. The van der Waals surface area contributed by atoms with E-state index in [1.165, 1.54) is 7.11 Å². The van der Waals surface area contributed by atoms with Crippen molar-refractivity contribution in [3.63, 3.8) is 0 Å². The van der Waals surface area contributed by atoms with Gasteiger partial charge in [-0.15, -0.1) is 0 Å². The fourth-order valence-electron chi connectivity index (χ4n) is 2.27. The van der Waals surface area contributed by atoms with Crippen LogP contribution in [0.15, 0.2) is 24.3 Å². The molecule has 0 saturated heterocycles. The molecule has 0 aliphatic carbocycles. The van der Waals surface area contributed by atoms with Gasteiger partial charge in [-0.2, -0.15) is 0 Å². The van der Waals surface area contributed by atoms with Gasteiger partial charge in [0.15, 0.2) is 0 Å². The van der Waals surface area contributed by atoms with Crippen molar-refractivity contribution in [2.24, 2.45) is 0 Å². The zero-order valence-corrected chi connectivity index (χ0v) is 12.6. The summed E-state index contributed by atoms with van der Waals surface area (Å²) in [7, 11) is -0.251. The lowest BCUT2D eigenvalue weighted by molar-refractivity contribution is -0.116. The SMILES string of the molecule is COC(=O)c1ccc(C(C(C)=O)[Si](C)(C)C)cc1. The van der Waals surface area contributed by atoms with Crippen molar-refractivity contribution < 1.29 is 14.3 Å². The predicted octanol–water partition coefficient (Wildman–Crippen LogP) is 3.02. The lowest BCUT2D eigenvalue weighted by Crippen LogP contribution is -2.35. The van der Waals surface area contributed by atoms with Crippen LogP contribution < -0.4 is 0 Å². The minimum atomic E-state index is -1.61. The number of hydrogen-bond acceptors (Lipinski definition) is 3. The molecule has 0 aliphatic heterocycles. The molecule has 0 fully saturated rings. The van der Waals surface area contributed by atoms with Crippen molar-refractivity contribution in [1.82, 2.24) is 0 Å². The second kappa shape index (κ2) is 5.48. The molecule has 0 aliphatic rings. The number of methoxy groups -OCH3 is 1. The van der Waals surface area contributed by atoms with E-state index >= 15 is 0 Å². The Balaban J connectivity index is 3.09. The van der Waals surface area contributed by atoms with E-state index in [0.29, 0.717) is 5.56 Å². The molecule has 3 nitrogen and oxygen atoms in total. The highest BCUT2D eigenvalue weighted by molar-refractivity contribution is 6.80. The maximum atomic E-state index is 11.8. The van der Waals surface area contributed by atoms with Crippen molar-refractivity contribution in [3.8, 4) is 0 Å². The summed E-state index contributed by atoms with van der Waals surface area (Å²) in [6.07, 6.45) is 0. The van der Waals surface area contributed by atoms with Gasteiger partial charge in [0.25, 0.3) is 0 Å². The summed E-state index contributed by atoms with van der Waals surface area (Å²) in [4.78, 5) is 23.2. The molecule has 98 valence electrons. The summed E-state index contributed by atoms with van der Waals surface area (Å²) in [6, 6.07) is 7.15. The van der Waals surface area contributed by atoms with Crippen LogP contribution in [0, 0.1) is 0 Å². The first-order valence-corrected chi connectivity index (χ1v) is 9.54. The molecular formula is C14H20O3Si. The minimum Gasteiger partial charge on any atom is -0.465 e. The second-order valence-electron chi connectivity index (χ2n) is 5.52. The highest BCUT2D eigenvalue weighted by Crippen LogP contribution is 2.28. The van der Waals surface area contributed by atoms with Crippen molar-refractivity contribution in [2.45, 2.75) is 32.1 Å². The Morgan fingerprint density at radius 1 is 1.11 bits per heavy atom. The zero-order valence-electron chi connectivity index (χ0n) is 11.6. The maximum absolute atomic E-state index is 11.8. The molecule has 0 spiro atoms. The summed E-state index contributed by atoms with van der Waals surface area (Å²) < 4.78 is 4.65. The number of ketones is 1. The standard InChI is InChI=1S/C14H20O3Si/c1-10(15)13(18(3,4)5)11-6-8-12(9-7-11)14(16)17-2/h6-9,13H,1-5H3. The van der Waals surface area contributed by atoms with Crippen molar-refractivity contribution in [1.29, 1.82) is 0 Å². The lowest BCUT2D eigenvalue weighted by atomic mass is 10.1. The Morgan fingerprint density at radius 3 is 1.94 bits per heavy atom. The molecule has 0 saturated carbocycles. The molecule has 1 rings (SSSR count). The summed E-state index contributed by atoms with van der Waals surface area (Å²) >= 11 is 0. The molecule has 1 unspecified atom stereocenters. The van der Waals surface area contributed by atoms with E-state index in [9.17, 15) is 9.59 Å². The third-order valence-corrected chi connectivity index (χ3v) is 5.41. The molecule has 0 aromatic heterocycles. The zero-order chi connectivity index (χ0) is 13.9. The third-order valence-electron chi connectivity index (χ3n) is 2.94. The summed E-state index contributed by atoms with van der Waals surface area (Å²) in [5.41, 5.74) is 1.48. The van der Waals surface area contributed by atoms with Gasteiger partial charge < -0.3 is 4.74 Å². The lowest BCUT2D eigenvalue weighted by Gasteiger charge is -2.27. The summed E-state index contributed by atoms with van der Waals surface area (Å²) in [5.74, 6) is -0.158. The maximum Gasteiger partial charge on any atom is 0.337 e. The largest absolute Gasteiger partial charge is 0.465 e. The number of carbonyl (C=O) groups excluding carboxylic acids is 2. The number of esters is 1. The van der Waals surface area contributed by atoms with Crippen LogP contribution in [-0.4, -0.2) is 26.9 Å². The van der Waals surface area contributed by atoms with E-state index in [2.05, 4.69) is 24.4 Å². The van der Waals surface area contributed by atoms with E-state index in [4.69, 9.17) is 0 Å². The monoisotopic (exact) mass is 264 g/mol. The first-order valence-electron chi connectivity index (χ1n) is 5.96. The Kier molecular flexibility index (Phi) is 4.46. The van der Waals surface area contributed by atoms with Gasteiger partial charge in [0.1, 0.15) is 5.78 Å². The van der Waals surface area contributed by atoms with Gasteiger partial charge in [-0.05, 0) is 24.6 Å². The third kappa shape index (κ3) is 3.29. The van der Waals surface area contributed by atoms with E-state index in [1.807, 2.05) is 12.1 Å². The van der Waals surface area contributed by atoms with E-state index in [1.54, 1.807) is 19.1 Å². The molecule has 0 radical (unpaired) electrons. The number of benzene rings is 1. The van der Waals surface area contributed by atoms with Crippen molar-refractivity contribution in [3.05, 3.63) is 35.4 Å². The van der Waals surface area contributed by atoms with Gasteiger partial charge in [-0.25, -0.2) is 4.79 Å². The number of carbonyl (C=O) groups is 2. The first-order chi connectivity index (χ1) is 8.27. The molecule has 18 heavy (non-hydrogen) atoms. The highest BCUT2D eigenvalue weighted by Gasteiger charge is 2.31. The van der Waals surface area contributed by atoms with E-state index < -0.39 is 8.07 Å². The summed E-state index contributed by atoms with van der Waals surface area (Å²) in [5, 5.41) is 0. The molecule has 1 aromatic rings. The van der Waals surface area contributed by atoms with Crippen LogP contribution in [0.3, 0.4) is 0 Å². The molecule has 0 heterocycles. The Morgan fingerprint density at radius 2 is 1.61 bits per heavy atom. The topological polar surface area (TPSA) is 43.4 Å². The smallest absolute Gasteiger partial charge is 0.337 e. The Hall–Kier alpha value is -1.42. The number of hydrogen-bond donors (Lipinski definition) is 0. The van der Waals surface area contributed by atoms with Crippen LogP contribution in [0.1, 0.15) is 28.4 Å². The second-order valence-corrected chi connectivity index (χ2v) is 10.8. The van der Waals surface area contributed by atoms with Crippen molar-refractivity contribution in [2.75, 3.05) is 7.11 Å². The van der Waals surface area contributed by atoms with Gasteiger partial charge in [-0.3, -0.25) is 4.79 Å². The van der Waals surface area contributed by atoms with Crippen LogP contribution in [0.4, 0.5) is 0 Å². The van der Waals surface area contributed by atoms with Crippen LogP contribution in [0.25, 0.3) is 0 Å². The van der Waals surface area contributed by atoms with Gasteiger partial charge in [0.05, 0.1) is 20.7 Å². The first kappa shape index (κ1) is 14.6. The van der Waals surface area contributed by atoms with Crippen molar-refractivity contribution >= 4 is 19.8 Å². The minimum absolute atomic E-state index is 0.0239. The normalized spacial score (nSPS) is 12.9. The number of rotatable bonds is 4. The van der Waals surface area contributed by atoms with Gasteiger partial charge >= 0.3 is 5.97 Å². The molecule has 1 atom stereocenters. The van der Waals surface area contributed by atoms with Gasteiger partial charge in [0.2, 0.25) is 0 Å². The molecule has 0 bridgehead atoms. The van der Waals surface area contributed by atoms with Crippen LogP contribution in [-0.2, 0) is 9.53 Å². The molecule has 0 amide bonds. The van der Waals surface area contributed by atoms with Gasteiger partial charge in [0, 0.05) is 5.54 Å². The Bertz CT molecular complexity index is 443. The van der Waals surface area contributed by atoms with Crippen LogP contribution >= 0.6 is 0 Å². The number of ether oxygens (including phenoxy) is 1. The average Bonchev–Trinajstić information content (AvgIpc) is 2.26. The average molecular weight is 264 g/mol.